The Balaban J connectivity index is 1.99. The summed E-state index contributed by atoms with van der Waals surface area (Å²) in [5.74, 6) is 0.440. The fraction of sp³-hybridized carbons (Fsp3) is 0.333. The number of rotatable bonds is 4. The van der Waals surface area contributed by atoms with Gasteiger partial charge in [-0.1, -0.05) is 0 Å². The molecule has 3 rings (SSSR count). The number of hydrogen-bond acceptors (Lipinski definition) is 5. The summed E-state index contributed by atoms with van der Waals surface area (Å²) in [6, 6.07) is 3.40. The van der Waals surface area contributed by atoms with Crippen LogP contribution < -0.4 is 10.9 Å². The lowest BCUT2D eigenvalue weighted by Gasteiger charge is -2.20. The molecule has 0 saturated carbocycles. The third-order valence-corrected chi connectivity index (χ3v) is 3.69. The molecule has 3 aromatic rings. The van der Waals surface area contributed by atoms with Gasteiger partial charge in [0.25, 0.3) is 5.56 Å². The Bertz CT molecular complexity index is 1060. The van der Waals surface area contributed by atoms with Crippen molar-refractivity contribution >= 4 is 22.8 Å². The van der Waals surface area contributed by atoms with Crippen molar-refractivity contribution in [1.29, 1.82) is 0 Å². The van der Waals surface area contributed by atoms with Crippen molar-refractivity contribution in [3.8, 4) is 11.5 Å². The average molecular weight is 369 g/mol. The van der Waals surface area contributed by atoms with Crippen LogP contribution >= 0.6 is 0 Å². The number of hydrogen-bond donors (Lipinski definition) is 2. The highest BCUT2D eigenvalue weighted by Gasteiger charge is 2.24. The molecule has 0 aromatic carbocycles. The van der Waals surface area contributed by atoms with Crippen LogP contribution in [0.1, 0.15) is 20.8 Å². The van der Waals surface area contributed by atoms with E-state index >= 15 is 0 Å². The number of fused-ring (bicyclic) bond motifs is 1. The number of furan rings is 1. The highest BCUT2D eigenvalue weighted by Crippen LogP contribution is 2.38. The van der Waals surface area contributed by atoms with Crippen LogP contribution in [0.2, 0.25) is 0 Å². The Morgan fingerprint density at radius 2 is 2.26 bits per heavy atom. The minimum atomic E-state index is -0.609. The summed E-state index contributed by atoms with van der Waals surface area (Å²) >= 11 is 0. The van der Waals surface area contributed by atoms with Gasteiger partial charge in [0.1, 0.15) is 22.4 Å². The maximum Gasteiger partial charge on any atom is 0.407 e. The lowest BCUT2D eigenvalue weighted by atomic mass is 10.2. The first-order chi connectivity index (χ1) is 12.8. The molecule has 0 unspecified atom stereocenters. The van der Waals surface area contributed by atoms with Crippen LogP contribution in [-0.2, 0) is 11.3 Å². The quantitative estimate of drug-likeness (QED) is 0.688. The van der Waals surface area contributed by atoms with Gasteiger partial charge in [-0.3, -0.25) is 4.79 Å². The first kappa shape index (κ1) is 18.3. The Morgan fingerprint density at radius 3 is 2.89 bits per heavy atom. The fourth-order valence-corrected chi connectivity index (χ4v) is 2.74. The molecule has 0 spiro atoms. The molecule has 1 amide bonds. The van der Waals surface area contributed by atoms with Gasteiger partial charge in [-0.2, -0.15) is 0 Å². The molecular formula is C18H19N5O4. The van der Waals surface area contributed by atoms with Crippen LogP contribution in [0.5, 0.6) is 0 Å². The minimum absolute atomic E-state index is 0.193. The van der Waals surface area contributed by atoms with Crippen molar-refractivity contribution < 1.29 is 13.9 Å². The smallest absolute Gasteiger partial charge is 0.407 e. The summed E-state index contributed by atoms with van der Waals surface area (Å²) in [5, 5.41) is 2.65. The summed E-state index contributed by atoms with van der Waals surface area (Å²) < 4.78 is 12.3. The molecule has 0 aliphatic carbocycles. The number of aromatic nitrogens is 3. The predicted octanol–water partition coefficient (Wildman–Crippen LogP) is 3.06. The van der Waals surface area contributed by atoms with E-state index in [2.05, 4.69) is 20.1 Å². The molecule has 0 fully saturated rings. The number of ether oxygens (including phenoxy) is 1. The van der Waals surface area contributed by atoms with Crippen molar-refractivity contribution in [2.75, 3.05) is 6.54 Å². The number of carbonyl (C=O) groups is 1. The Labute approximate surface area is 154 Å². The highest BCUT2D eigenvalue weighted by molar-refractivity contribution is 5.98. The van der Waals surface area contributed by atoms with Crippen molar-refractivity contribution in [3.05, 3.63) is 46.5 Å². The zero-order chi connectivity index (χ0) is 19.6. The molecule has 0 atom stereocenters. The maximum atomic E-state index is 12.4. The van der Waals surface area contributed by atoms with Gasteiger partial charge in [0.05, 0.1) is 24.9 Å². The van der Waals surface area contributed by atoms with Crippen molar-refractivity contribution in [3.63, 3.8) is 0 Å². The molecule has 9 nitrogen and oxygen atoms in total. The lowest BCUT2D eigenvalue weighted by Crippen LogP contribution is -2.34. The van der Waals surface area contributed by atoms with E-state index in [1.54, 1.807) is 37.5 Å². The van der Waals surface area contributed by atoms with Gasteiger partial charge in [0.2, 0.25) is 5.69 Å². The zero-order valence-electron chi connectivity index (χ0n) is 15.2. The summed E-state index contributed by atoms with van der Waals surface area (Å²) in [6.45, 7) is 13.3. The average Bonchev–Trinajstić information content (AvgIpc) is 3.19. The standard InChI is InChI=1S/C18H19N5O4/c1-18(2,3)27-17(25)20-7-8-23-14(11-6-5-9-26-11)12(19-4)13-15(23)16(24)22-10-21-13/h5-6,9-10H,7-8H2,1-3H3,(H,20,25)(H,21,22,24). The van der Waals surface area contributed by atoms with E-state index in [0.29, 0.717) is 11.5 Å². The molecular weight excluding hydrogens is 350 g/mol. The minimum Gasteiger partial charge on any atom is -0.464 e. The van der Waals surface area contributed by atoms with E-state index in [9.17, 15) is 9.59 Å². The lowest BCUT2D eigenvalue weighted by molar-refractivity contribution is 0.0526. The zero-order valence-corrected chi connectivity index (χ0v) is 15.2. The Morgan fingerprint density at radius 1 is 1.48 bits per heavy atom. The fourth-order valence-electron chi connectivity index (χ4n) is 2.74. The number of alkyl carbamates (subject to hydrolysis) is 1. The maximum absolute atomic E-state index is 12.4. The summed E-state index contributed by atoms with van der Waals surface area (Å²) in [5.41, 5.74) is 0.226. The van der Waals surface area contributed by atoms with E-state index in [-0.39, 0.29) is 35.4 Å². The van der Waals surface area contributed by atoms with Gasteiger partial charge in [0, 0.05) is 13.1 Å². The summed E-state index contributed by atoms with van der Waals surface area (Å²) in [4.78, 5) is 34.5. The van der Waals surface area contributed by atoms with E-state index in [1.807, 2.05) is 0 Å². The number of H-pyrrole nitrogens is 1. The van der Waals surface area contributed by atoms with Gasteiger partial charge in [0.15, 0.2) is 0 Å². The highest BCUT2D eigenvalue weighted by atomic mass is 16.6. The van der Waals surface area contributed by atoms with Crippen molar-refractivity contribution in [2.45, 2.75) is 32.9 Å². The third kappa shape index (κ3) is 3.69. The van der Waals surface area contributed by atoms with Crippen LogP contribution in [0.15, 0.2) is 33.9 Å². The van der Waals surface area contributed by atoms with Crippen LogP contribution in [0.3, 0.4) is 0 Å². The summed E-state index contributed by atoms with van der Waals surface area (Å²) in [7, 11) is 0. The van der Waals surface area contributed by atoms with E-state index in [0.717, 1.165) is 0 Å². The van der Waals surface area contributed by atoms with Crippen LogP contribution in [-0.4, -0.2) is 32.8 Å². The topological polar surface area (TPSA) is 107 Å². The predicted molar refractivity (Wildman–Crippen MR) is 98.6 cm³/mol. The SMILES string of the molecule is [C-]#[N+]c1c(-c2ccco2)n(CCNC(=O)OC(C)(C)C)c2c(=O)[nH]cnc12. The monoisotopic (exact) mass is 369 g/mol. The van der Waals surface area contributed by atoms with Crippen molar-refractivity contribution in [2.24, 2.45) is 0 Å². The normalized spacial score (nSPS) is 11.3. The van der Waals surface area contributed by atoms with Gasteiger partial charge >= 0.3 is 6.09 Å². The molecule has 2 N–H and O–H groups in total. The number of aromatic amines is 1. The Kier molecular flexibility index (Phi) is 4.73. The second-order valence-electron chi connectivity index (χ2n) is 6.80. The Hall–Kier alpha value is -3.54. The molecule has 140 valence electrons. The molecule has 3 heterocycles. The number of carbonyl (C=O) groups excluding carboxylic acids is 1. The second-order valence-corrected chi connectivity index (χ2v) is 6.80. The van der Waals surface area contributed by atoms with Gasteiger partial charge in [-0.15, -0.1) is 0 Å². The molecule has 9 heteroatoms. The number of amides is 1. The molecule has 0 aliphatic heterocycles. The number of nitrogens with one attached hydrogen (secondary N) is 2. The molecule has 3 aromatic heterocycles. The van der Waals surface area contributed by atoms with Gasteiger partial charge in [-0.25, -0.2) is 14.6 Å². The van der Waals surface area contributed by atoms with E-state index in [4.69, 9.17) is 15.7 Å². The third-order valence-electron chi connectivity index (χ3n) is 3.69. The molecule has 0 radical (unpaired) electrons. The molecule has 27 heavy (non-hydrogen) atoms. The van der Waals surface area contributed by atoms with Gasteiger partial charge in [-0.05, 0) is 32.9 Å². The molecule has 0 bridgehead atoms. The second kappa shape index (κ2) is 6.99. The van der Waals surface area contributed by atoms with Crippen LogP contribution in [0.25, 0.3) is 27.3 Å². The van der Waals surface area contributed by atoms with E-state index < -0.39 is 11.7 Å². The van der Waals surface area contributed by atoms with Crippen LogP contribution in [0.4, 0.5) is 10.5 Å². The van der Waals surface area contributed by atoms with Crippen LogP contribution in [0, 0.1) is 6.57 Å². The van der Waals surface area contributed by atoms with Gasteiger partial charge < -0.3 is 24.0 Å². The first-order valence-corrected chi connectivity index (χ1v) is 8.30. The summed E-state index contributed by atoms with van der Waals surface area (Å²) in [6.07, 6.45) is 2.19. The van der Waals surface area contributed by atoms with Crippen molar-refractivity contribution in [1.82, 2.24) is 19.9 Å². The molecule has 0 saturated heterocycles. The largest absolute Gasteiger partial charge is 0.464 e. The van der Waals surface area contributed by atoms with E-state index in [1.165, 1.54) is 12.6 Å². The first-order valence-electron chi connectivity index (χ1n) is 8.30. The molecule has 0 aliphatic rings. The number of nitrogens with zero attached hydrogens (tertiary/aromatic N) is 3.